The van der Waals surface area contributed by atoms with Crippen LogP contribution in [0.4, 0.5) is 0 Å². The van der Waals surface area contributed by atoms with Gasteiger partial charge >= 0.3 is 0 Å². The summed E-state index contributed by atoms with van der Waals surface area (Å²) in [4.78, 5) is 18.6. The van der Waals surface area contributed by atoms with Gasteiger partial charge in [0, 0.05) is 19.6 Å². The van der Waals surface area contributed by atoms with E-state index < -0.39 is 0 Å². The van der Waals surface area contributed by atoms with E-state index in [4.69, 9.17) is 15.5 Å². The van der Waals surface area contributed by atoms with Crippen molar-refractivity contribution in [3.05, 3.63) is 65.7 Å². The molecule has 3 rings (SSSR count). The largest absolute Gasteiger partial charge is 0.492 e. The highest BCUT2D eigenvalue weighted by Gasteiger charge is 2.23. The van der Waals surface area contributed by atoms with Gasteiger partial charge in [-0.05, 0) is 49.6 Å². The monoisotopic (exact) mass is 437 g/mol. The van der Waals surface area contributed by atoms with Crippen LogP contribution in [0.15, 0.2) is 59.6 Å². The summed E-state index contributed by atoms with van der Waals surface area (Å²) >= 11 is 0. The molecule has 1 fully saturated rings. The SMILES string of the molecule is CCNC(=NCc1cccc(CN2CCCC(C(N)=O)C2)c1)NCCOc1ccccc1. The third-order valence-electron chi connectivity index (χ3n) is 5.48. The number of nitrogens with two attached hydrogens (primary N) is 1. The molecule has 172 valence electrons. The molecule has 32 heavy (non-hydrogen) atoms. The van der Waals surface area contributed by atoms with E-state index in [0.29, 0.717) is 19.7 Å². The van der Waals surface area contributed by atoms with Crippen molar-refractivity contribution in [3.8, 4) is 5.75 Å². The number of piperidine rings is 1. The fraction of sp³-hybridized carbons (Fsp3) is 0.440. The molecule has 7 nitrogen and oxygen atoms in total. The first-order valence-electron chi connectivity index (χ1n) is 11.4. The number of carbonyl (C=O) groups excluding carboxylic acids is 1. The minimum atomic E-state index is -0.185. The molecular weight excluding hydrogens is 402 g/mol. The maximum absolute atomic E-state index is 11.5. The van der Waals surface area contributed by atoms with E-state index in [1.807, 2.05) is 30.3 Å². The van der Waals surface area contributed by atoms with Crippen molar-refractivity contribution < 1.29 is 9.53 Å². The van der Waals surface area contributed by atoms with Crippen LogP contribution in [0.2, 0.25) is 0 Å². The third kappa shape index (κ3) is 7.89. The van der Waals surface area contributed by atoms with Crippen LogP contribution in [0, 0.1) is 5.92 Å². The molecule has 1 aliphatic rings. The average Bonchev–Trinajstić information content (AvgIpc) is 2.81. The molecule has 4 N–H and O–H groups in total. The molecule has 0 saturated carbocycles. The average molecular weight is 438 g/mol. The lowest BCUT2D eigenvalue weighted by atomic mass is 9.97. The van der Waals surface area contributed by atoms with Crippen molar-refractivity contribution in [1.82, 2.24) is 15.5 Å². The van der Waals surface area contributed by atoms with E-state index >= 15 is 0 Å². The Balaban J connectivity index is 1.50. The van der Waals surface area contributed by atoms with Crippen LogP contribution in [-0.2, 0) is 17.9 Å². The number of aliphatic imine (C=N–C) groups is 1. The van der Waals surface area contributed by atoms with Crippen molar-refractivity contribution in [2.45, 2.75) is 32.9 Å². The molecule has 0 bridgehead atoms. The van der Waals surface area contributed by atoms with Crippen molar-refractivity contribution in [2.24, 2.45) is 16.6 Å². The molecule has 0 aromatic heterocycles. The van der Waals surface area contributed by atoms with Crippen molar-refractivity contribution in [2.75, 3.05) is 32.8 Å². The van der Waals surface area contributed by atoms with Gasteiger partial charge < -0.3 is 21.1 Å². The maximum Gasteiger partial charge on any atom is 0.221 e. The number of para-hydroxylation sites is 1. The number of amides is 1. The van der Waals surface area contributed by atoms with E-state index in [1.54, 1.807) is 0 Å². The van der Waals surface area contributed by atoms with Crippen molar-refractivity contribution >= 4 is 11.9 Å². The van der Waals surface area contributed by atoms with Crippen LogP contribution in [0.1, 0.15) is 30.9 Å². The summed E-state index contributed by atoms with van der Waals surface area (Å²) in [6, 6.07) is 18.3. The summed E-state index contributed by atoms with van der Waals surface area (Å²) in [6.07, 6.45) is 1.92. The molecule has 0 aliphatic carbocycles. The number of likely N-dealkylation sites (tertiary alicyclic amines) is 1. The van der Waals surface area contributed by atoms with Crippen LogP contribution in [-0.4, -0.2) is 49.6 Å². The lowest BCUT2D eigenvalue weighted by Crippen LogP contribution is -2.40. The van der Waals surface area contributed by atoms with Crippen LogP contribution in [0.5, 0.6) is 5.75 Å². The predicted molar refractivity (Wildman–Crippen MR) is 128 cm³/mol. The second-order valence-electron chi connectivity index (χ2n) is 8.08. The fourth-order valence-corrected chi connectivity index (χ4v) is 3.88. The molecule has 0 spiro atoms. The van der Waals surface area contributed by atoms with Gasteiger partial charge in [0.2, 0.25) is 5.91 Å². The molecule has 7 heteroatoms. The molecular formula is C25H35N5O2. The summed E-state index contributed by atoms with van der Waals surface area (Å²) in [5.74, 6) is 1.42. The number of hydrogen-bond donors (Lipinski definition) is 3. The lowest BCUT2D eigenvalue weighted by molar-refractivity contribution is -0.123. The van der Waals surface area contributed by atoms with Gasteiger partial charge in [0.1, 0.15) is 12.4 Å². The summed E-state index contributed by atoms with van der Waals surface area (Å²) in [5.41, 5.74) is 7.90. The summed E-state index contributed by atoms with van der Waals surface area (Å²) < 4.78 is 5.73. The van der Waals surface area contributed by atoms with E-state index in [9.17, 15) is 4.79 Å². The number of benzene rings is 2. The Morgan fingerprint density at radius 2 is 1.97 bits per heavy atom. The number of carbonyl (C=O) groups is 1. The summed E-state index contributed by atoms with van der Waals surface area (Å²) in [6.45, 7) is 7.24. The van der Waals surface area contributed by atoms with Gasteiger partial charge in [-0.3, -0.25) is 9.69 Å². The van der Waals surface area contributed by atoms with E-state index in [2.05, 4.69) is 46.7 Å². The Labute approximate surface area is 191 Å². The zero-order chi connectivity index (χ0) is 22.6. The van der Waals surface area contributed by atoms with Gasteiger partial charge in [-0.15, -0.1) is 0 Å². The molecule has 2 aromatic rings. The Morgan fingerprint density at radius 1 is 1.16 bits per heavy atom. The number of rotatable bonds is 10. The summed E-state index contributed by atoms with van der Waals surface area (Å²) in [5, 5.41) is 6.60. The number of primary amides is 1. The van der Waals surface area contributed by atoms with Crippen molar-refractivity contribution in [3.63, 3.8) is 0 Å². The molecule has 0 radical (unpaired) electrons. The lowest BCUT2D eigenvalue weighted by Gasteiger charge is -2.31. The number of guanidine groups is 1. The van der Waals surface area contributed by atoms with E-state index in [-0.39, 0.29) is 11.8 Å². The first-order chi connectivity index (χ1) is 15.6. The van der Waals surface area contributed by atoms with Gasteiger partial charge in [0.05, 0.1) is 19.0 Å². The van der Waals surface area contributed by atoms with E-state index in [1.165, 1.54) is 5.56 Å². The minimum Gasteiger partial charge on any atom is -0.492 e. The zero-order valence-electron chi connectivity index (χ0n) is 18.9. The summed E-state index contributed by atoms with van der Waals surface area (Å²) in [7, 11) is 0. The van der Waals surface area contributed by atoms with Gasteiger partial charge in [-0.2, -0.15) is 0 Å². The highest BCUT2D eigenvalue weighted by atomic mass is 16.5. The molecule has 1 atom stereocenters. The van der Waals surface area contributed by atoms with Gasteiger partial charge in [-0.1, -0.05) is 42.5 Å². The van der Waals surface area contributed by atoms with Gasteiger partial charge in [0.25, 0.3) is 0 Å². The molecule has 1 heterocycles. The number of nitrogens with zero attached hydrogens (tertiary/aromatic N) is 2. The molecule has 1 aliphatic heterocycles. The van der Waals surface area contributed by atoms with E-state index in [0.717, 1.165) is 56.3 Å². The second-order valence-corrected chi connectivity index (χ2v) is 8.08. The van der Waals surface area contributed by atoms with Crippen molar-refractivity contribution in [1.29, 1.82) is 0 Å². The zero-order valence-corrected chi connectivity index (χ0v) is 18.9. The smallest absolute Gasteiger partial charge is 0.221 e. The van der Waals surface area contributed by atoms with Gasteiger partial charge in [-0.25, -0.2) is 4.99 Å². The standard InChI is InChI=1S/C25H35N5O2/c1-2-27-25(28-13-15-32-23-11-4-3-5-12-23)29-17-20-8-6-9-21(16-20)18-30-14-7-10-22(19-30)24(26)31/h3-6,8-9,11-12,16,22H,2,7,10,13-15,17-19H2,1H3,(H2,26,31)(H2,27,28,29). The highest BCUT2D eigenvalue weighted by Crippen LogP contribution is 2.19. The van der Waals surface area contributed by atoms with Crippen LogP contribution in [0.3, 0.4) is 0 Å². The quantitative estimate of drug-likeness (QED) is 0.302. The Morgan fingerprint density at radius 3 is 2.75 bits per heavy atom. The fourth-order valence-electron chi connectivity index (χ4n) is 3.88. The Bertz CT molecular complexity index is 872. The Kier molecular flexibility index (Phi) is 9.37. The normalized spacial score (nSPS) is 17.0. The molecule has 1 amide bonds. The first-order valence-corrected chi connectivity index (χ1v) is 11.4. The maximum atomic E-state index is 11.5. The van der Waals surface area contributed by atoms with Crippen LogP contribution in [0.25, 0.3) is 0 Å². The third-order valence-corrected chi connectivity index (χ3v) is 5.48. The highest BCUT2D eigenvalue weighted by molar-refractivity contribution is 5.79. The molecule has 1 saturated heterocycles. The minimum absolute atomic E-state index is 0.0313. The number of hydrogen-bond acceptors (Lipinski definition) is 4. The van der Waals surface area contributed by atoms with Crippen LogP contribution < -0.4 is 21.1 Å². The van der Waals surface area contributed by atoms with Crippen LogP contribution >= 0.6 is 0 Å². The molecule has 2 aromatic carbocycles. The molecule has 1 unspecified atom stereocenters. The number of nitrogens with one attached hydrogen (secondary N) is 2. The van der Waals surface area contributed by atoms with Gasteiger partial charge in [0.15, 0.2) is 5.96 Å². The topological polar surface area (TPSA) is 92.0 Å². The Hall–Kier alpha value is -3.06. The first kappa shape index (κ1) is 23.6. The predicted octanol–water partition coefficient (Wildman–Crippen LogP) is 2.52. The second kappa shape index (κ2) is 12.7. The number of ether oxygens (including phenoxy) is 1.